The van der Waals surface area contributed by atoms with Crippen LogP contribution in [0.4, 0.5) is 0 Å². The number of aromatic nitrogens is 1. The van der Waals surface area contributed by atoms with Gasteiger partial charge in [-0.1, -0.05) is 19.3 Å². The van der Waals surface area contributed by atoms with Crippen molar-refractivity contribution in [2.24, 2.45) is 5.73 Å². The Morgan fingerprint density at radius 2 is 2.19 bits per heavy atom. The predicted molar refractivity (Wildman–Crippen MR) is 67.2 cm³/mol. The van der Waals surface area contributed by atoms with E-state index in [9.17, 15) is 0 Å². The molecule has 90 valence electrons. The van der Waals surface area contributed by atoms with Gasteiger partial charge in [-0.05, 0) is 32.0 Å². The van der Waals surface area contributed by atoms with Gasteiger partial charge >= 0.3 is 0 Å². The van der Waals surface area contributed by atoms with Crippen LogP contribution in [0, 0.1) is 0 Å². The molecule has 0 amide bonds. The fourth-order valence-electron chi connectivity index (χ4n) is 2.81. The van der Waals surface area contributed by atoms with E-state index in [0.29, 0.717) is 18.6 Å². The Balaban J connectivity index is 2.02. The number of H-pyrrole nitrogens is 1. The van der Waals surface area contributed by atoms with Crippen molar-refractivity contribution in [1.82, 2.24) is 9.88 Å². The molecule has 1 fully saturated rings. The van der Waals surface area contributed by atoms with Crippen LogP contribution in [0.1, 0.15) is 43.8 Å². The van der Waals surface area contributed by atoms with Gasteiger partial charge in [-0.3, -0.25) is 4.90 Å². The van der Waals surface area contributed by atoms with Crippen LogP contribution in [0.15, 0.2) is 18.3 Å². The van der Waals surface area contributed by atoms with E-state index >= 15 is 0 Å². The summed E-state index contributed by atoms with van der Waals surface area (Å²) >= 11 is 0. The molecule has 0 radical (unpaired) electrons. The summed E-state index contributed by atoms with van der Waals surface area (Å²) in [6, 6.07) is 5.24. The molecule has 1 unspecified atom stereocenters. The molecule has 3 N–H and O–H groups in total. The second-order valence-corrected chi connectivity index (χ2v) is 4.83. The number of aromatic amines is 1. The first-order chi connectivity index (χ1) is 7.83. The molecule has 1 aliphatic carbocycles. The molecule has 3 nitrogen and oxygen atoms in total. The van der Waals surface area contributed by atoms with E-state index in [2.05, 4.69) is 23.0 Å². The molecule has 1 saturated carbocycles. The fourth-order valence-corrected chi connectivity index (χ4v) is 2.81. The Morgan fingerprint density at radius 1 is 1.44 bits per heavy atom. The third kappa shape index (κ3) is 2.47. The van der Waals surface area contributed by atoms with Crippen LogP contribution < -0.4 is 5.73 Å². The van der Waals surface area contributed by atoms with Crippen LogP contribution in [0.2, 0.25) is 0 Å². The van der Waals surface area contributed by atoms with Crippen molar-refractivity contribution < 1.29 is 0 Å². The highest BCUT2D eigenvalue weighted by Crippen LogP contribution is 2.27. The topological polar surface area (TPSA) is 45.0 Å². The third-order valence-electron chi connectivity index (χ3n) is 3.85. The quantitative estimate of drug-likeness (QED) is 0.819. The van der Waals surface area contributed by atoms with Gasteiger partial charge in [-0.15, -0.1) is 0 Å². The average Bonchev–Trinajstić information content (AvgIpc) is 2.85. The smallest absolute Gasteiger partial charge is 0.0622 e. The highest BCUT2D eigenvalue weighted by molar-refractivity contribution is 5.10. The van der Waals surface area contributed by atoms with Gasteiger partial charge in [0.15, 0.2) is 0 Å². The number of nitrogens with one attached hydrogen (secondary N) is 1. The highest BCUT2D eigenvalue weighted by atomic mass is 15.2. The largest absolute Gasteiger partial charge is 0.364 e. The van der Waals surface area contributed by atoms with E-state index in [0.717, 1.165) is 0 Å². The maximum Gasteiger partial charge on any atom is 0.0622 e. The van der Waals surface area contributed by atoms with Gasteiger partial charge in [0.05, 0.1) is 6.04 Å². The molecule has 0 bridgehead atoms. The first-order valence-electron chi connectivity index (χ1n) is 6.38. The van der Waals surface area contributed by atoms with Gasteiger partial charge in [0.25, 0.3) is 0 Å². The van der Waals surface area contributed by atoms with E-state index in [4.69, 9.17) is 5.73 Å². The Labute approximate surface area is 98.0 Å². The zero-order valence-electron chi connectivity index (χ0n) is 10.2. The summed E-state index contributed by atoms with van der Waals surface area (Å²) in [5, 5.41) is 0. The SMILES string of the molecule is CN(C1CCCCC1)C(CN)c1ccc[nH]1. The lowest BCUT2D eigenvalue weighted by atomic mass is 9.93. The summed E-state index contributed by atoms with van der Waals surface area (Å²) in [5.41, 5.74) is 7.16. The number of likely N-dealkylation sites (N-methyl/N-ethyl adjacent to an activating group) is 1. The Hall–Kier alpha value is -0.800. The first-order valence-corrected chi connectivity index (χ1v) is 6.38. The number of hydrogen-bond acceptors (Lipinski definition) is 2. The van der Waals surface area contributed by atoms with Crippen LogP contribution in [0.25, 0.3) is 0 Å². The van der Waals surface area contributed by atoms with Gasteiger partial charge in [0.2, 0.25) is 0 Å². The maximum absolute atomic E-state index is 5.91. The summed E-state index contributed by atoms with van der Waals surface area (Å²) in [6.45, 7) is 0.688. The molecule has 1 aromatic heterocycles. The standard InChI is InChI=1S/C13H23N3/c1-16(11-6-3-2-4-7-11)13(10-14)12-8-5-9-15-12/h5,8-9,11,13,15H,2-4,6-7,10,14H2,1H3. The van der Waals surface area contributed by atoms with E-state index in [1.807, 2.05) is 12.3 Å². The molecule has 1 aromatic rings. The molecule has 0 saturated heterocycles. The van der Waals surface area contributed by atoms with Crippen molar-refractivity contribution in [2.75, 3.05) is 13.6 Å². The summed E-state index contributed by atoms with van der Waals surface area (Å²) in [7, 11) is 2.22. The molecule has 0 spiro atoms. The van der Waals surface area contributed by atoms with E-state index in [1.54, 1.807) is 0 Å². The average molecular weight is 221 g/mol. The zero-order valence-corrected chi connectivity index (χ0v) is 10.2. The number of hydrogen-bond donors (Lipinski definition) is 2. The molecule has 1 aliphatic rings. The molecule has 1 heterocycles. The monoisotopic (exact) mass is 221 g/mol. The first kappa shape index (κ1) is 11.7. The lowest BCUT2D eigenvalue weighted by molar-refractivity contribution is 0.138. The maximum atomic E-state index is 5.91. The van der Waals surface area contributed by atoms with Crippen LogP contribution in [-0.4, -0.2) is 29.5 Å². The summed E-state index contributed by atoms with van der Waals surface area (Å²) in [4.78, 5) is 5.75. The van der Waals surface area contributed by atoms with Crippen LogP contribution in [0.3, 0.4) is 0 Å². The van der Waals surface area contributed by atoms with Gasteiger partial charge in [-0.2, -0.15) is 0 Å². The van der Waals surface area contributed by atoms with Crippen molar-refractivity contribution in [3.8, 4) is 0 Å². The summed E-state index contributed by atoms with van der Waals surface area (Å²) in [5.74, 6) is 0. The third-order valence-corrected chi connectivity index (χ3v) is 3.85. The Morgan fingerprint density at radius 3 is 2.75 bits per heavy atom. The van der Waals surface area contributed by atoms with Crippen molar-refractivity contribution in [1.29, 1.82) is 0 Å². The van der Waals surface area contributed by atoms with Crippen molar-refractivity contribution >= 4 is 0 Å². The zero-order chi connectivity index (χ0) is 11.4. The molecule has 1 atom stereocenters. The van der Waals surface area contributed by atoms with E-state index < -0.39 is 0 Å². The summed E-state index contributed by atoms with van der Waals surface area (Å²) < 4.78 is 0. The highest BCUT2D eigenvalue weighted by Gasteiger charge is 2.24. The number of nitrogens with two attached hydrogens (primary N) is 1. The van der Waals surface area contributed by atoms with Crippen LogP contribution in [0.5, 0.6) is 0 Å². The molecule has 16 heavy (non-hydrogen) atoms. The lowest BCUT2D eigenvalue weighted by Gasteiger charge is -2.36. The van der Waals surface area contributed by atoms with Gasteiger partial charge in [0.1, 0.15) is 0 Å². The van der Waals surface area contributed by atoms with E-state index in [1.165, 1.54) is 37.8 Å². The van der Waals surface area contributed by atoms with E-state index in [-0.39, 0.29) is 0 Å². The minimum atomic E-state index is 0.345. The normalized spacial score (nSPS) is 20.2. The molecule has 0 aromatic carbocycles. The van der Waals surface area contributed by atoms with Crippen LogP contribution >= 0.6 is 0 Å². The molecule has 0 aliphatic heterocycles. The van der Waals surface area contributed by atoms with Crippen molar-refractivity contribution in [2.45, 2.75) is 44.2 Å². The minimum absolute atomic E-state index is 0.345. The second kappa shape index (κ2) is 5.51. The molecular formula is C13H23N3. The Kier molecular flexibility index (Phi) is 4.02. The lowest BCUT2D eigenvalue weighted by Crippen LogP contribution is -2.39. The molecule has 2 rings (SSSR count). The van der Waals surface area contributed by atoms with Crippen molar-refractivity contribution in [3.63, 3.8) is 0 Å². The number of rotatable bonds is 4. The fraction of sp³-hybridized carbons (Fsp3) is 0.692. The van der Waals surface area contributed by atoms with Gasteiger partial charge in [0, 0.05) is 24.5 Å². The number of nitrogens with zero attached hydrogens (tertiary/aromatic N) is 1. The molecule has 3 heteroatoms. The van der Waals surface area contributed by atoms with Crippen molar-refractivity contribution in [3.05, 3.63) is 24.0 Å². The summed E-state index contributed by atoms with van der Waals surface area (Å²) in [6.07, 6.45) is 8.78. The van der Waals surface area contributed by atoms with Gasteiger partial charge in [-0.25, -0.2) is 0 Å². The second-order valence-electron chi connectivity index (χ2n) is 4.83. The van der Waals surface area contributed by atoms with Crippen LogP contribution in [-0.2, 0) is 0 Å². The predicted octanol–water partition coefficient (Wildman–Crippen LogP) is 2.28. The molecular weight excluding hydrogens is 198 g/mol. The Bertz CT molecular complexity index is 288. The minimum Gasteiger partial charge on any atom is -0.364 e. The van der Waals surface area contributed by atoms with Gasteiger partial charge < -0.3 is 10.7 Å².